The van der Waals surface area contributed by atoms with E-state index in [0.717, 1.165) is 35.1 Å². The first kappa shape index (κ1) is 12.9. The van der Waals surface area contributed by atoms with Crippen LogP contribution in [-0.2, 0) is 13.0 Å². The molecular formula is C15H14BrNOS. The third-order valence-electron chi connectivity index (χ3n) is 3.59. The maximum Gasteiger partial charge on any atom is 0.254 e. The maximum atomic E-state index is 12.6. The Bertz CT molecular complexity index is 635. The fourth-order valence-corrected chi connectivity index (χ4v) is 3.69. The Balaban J connectivity index is 1.88. The summed E-state index contributed by atoms with van der Waals surface area (Å²) in [5.41, 5.74) is 3.12. The highest BCUT2D eigenvalue weighted by molar-refractivity contribution is 9.10. The lowest BCUT2D eigenvalue weighted by Gasteiger charge is -2.27. The van der Waals surface area contributed by atoms with Crippen LogP contribution in [0.2, 0.25) is 0 Å². The van der Waals surface area contributed by atoms with Gasteiger partial charge in [-0.1, -0.05) is 22.0 Å². The summed E-state index contributed by atoms with van der Waals surface area (Å²) in [7, 11) is 0. The van der Waals surface area contributed by atoms with E-state index in [1.165, 1.54) is 10.4 Å². The number of fused-ring (bicyclic) bond motifs is 1. The zero-order chi connectivity index (χ0) is 13.4. The second kappa shape index (κ2) is 5.10. The van der Waals surface area contributed by atoms with Crippen LogP contribution in [-0.4, -0.2) is 17.4 Å². The molecule has 0 radical (unpaired) electrons. The molecule has 2 nitrogen and oxygen atoms in total. The van der Waals surface area contributed by atoms with Crippen molar-refractivity contribution in [2.24, 2.45) is 0 Å². The Morgan fingerprint density at radius 3 is 3.05 bits per heavy atom. The Labute approximate surface area is 125 Å². The van der Waals surface area contributed by atoms with Crippen molar-refractivity contribution in [3.8, 4) is 0 Å². The smallest absolute Gasteiger partial charge is 0.254 e. The molecule has 1 aliphatic heterocycles. The summed E-state index contributed by atoms with van der Waals surface area (Å²) in [6.45, 7) is 3.54. The van der Waals surface area contributed by atoms with Crippen molar-refractivity contribution in [2.75, 3.05) is 6.54 Å². The fraction of sp³-hybridized carbons (Fsp3) is 0.267. The van der Waals surface area contributed by atoms with Gasteiger partial charge in [0, 0.05) is 28.0 Å². The van der Waals surface area contributed by atoms with Crippen LogP contribution in [0, 0.1) is 6.92 Å². The van der Waals surface area contributed by atoms with Gasteiger partial charge >= 0.3 is 0 Å². The zero-order valence-corrected chi connectivity index (χ0v) is 13.1. The minimum absolute atomic E-state index is 0.135. The van der Waals surface area contributed by atoms with E-state index in [-0.39, 0.29) is 5.91 Å². The number of amides is 1. The normalized spacial score (nSPS) is 14.3. The number of hydrogen-bond donors (Lipinski definition) is 0. The van der Waals surface area contributed by atoms with E-state index in [9.17, 15) is 4.79 Å². The maximum absolute atomic E-state index is 12.6. The van der Waals surface area contributed by atoms with Crippen LogP contribution in [0.4, 0.5) is 0 Å². The third kappa shape index (κ3) is 2.35. The highest BCUT2D eigenvalue weighted by Gasteiger charge is 2.23. The van der Waals surface area contributed by atoms with E-state index < -0.39 is 0 Å². The van der Waals surface area contributed by atoms with E-state index in [4.69, 9.17) is 0 Å². The fourth-order valence-electron chi connectivity index (χ4n) is 2.43. The van der Waals surface area contributed by atoms with Crippen molar-refractivity contribution < 1.29 is 4.79 Å². The number of thiophene rings is 1. The Hall–Kier alpha value is -1.13. The molecule has 1 aliphatic rings. The predicted octanol–water partition coefficient (Wildman–Crippen LogP) is 4.02. The summed E-state index contributed by atoms with van der Waals surface area (Å²) >= 11 is 5.28. The summed E-state index contributed by atoms with van der Waals surface area (Å²) in [4.78, 5) is 16.0. The number of benzene rings is 1. The second-order valence-electron chi connectivity index (χ2n) is 4.76. The molecule has 0 fully saturated rings. The first-order chi connectivity index (χ1) is 9.16. The second-order valence-corrected chi connectivity index (χ2v) is 6.61. The molecule has 0 unspecified atom stereocenters. The number of nitrogens with zero attached hydrogens (tertiary/aromatic N) is 1. The minimum Gasteiger partial charge on any atom is -0.334 e. The van der Waals surface area contributed by atoms with Gasteiger partial charge in [0.05, 0.1) is 0 Å². The molecule has 0 aliphatic carbocycles. The van der Waals surface area contributed by atoms with Crippen LogP contribution in [0.1, 0.15) is 26.4 Å². The predicted molar refractivity (Wildman–Crippen MR) is 81.6 cm³/mol. The monoisotopic (exact) mass is 335 g/mol. The lowest BCUT2D eigenvalue weighted by molar-refractivity contribution is 0.0735. The SMILES string of the molecule is Cc1c(Br)cccc1C(=O)N1CCc2sccc2C1. The van der Waals surface area contributed by atoms with Gasteiger partial charge < -0.3 is 4.90 Å². The third-order valence-corrected chi connectivity index (χ3v) is 5.48. The summed E-state index contributed by atoms with van der Waals surface area (Å²) in [5.74, 6) is 0.135. The van der Waals surface area contributed by atoms with Crippen molar-refractivity contribution >= 4 is 33.2 Å². The van der Waals surface area contributed by atoms with Crippen molar-refractivity contribution in [1.29, 1.82) is 0 Å². The van der Waals surface area contributed by atoms with Crippen molar-refractivity contribution in [2.45, 2.75) is 19.9 Å². The van der Waals surface area contributed by atoms with Gasteiger partial charge in [-0.15, -0.1) is 11.3 Å². The van der Waals surface area contributed by atoms with Crippen LogP contribution in [0.5, 0.6) is 0 Å². The van der Waals surface area contributed by atoms with Crippen LogP contribution >= 0.6 is 27.3 Å². The molecule has 0 N–H and O–H groups in total. The van der Waals surface area contributed by atoms with Crippen molar-refractivity contribution in [3.05, 3.63) is 55.7 Å². The zero-order valence-electron chi connectivity index (χ0n) is 10.6. The number of rotatable bonds is 1. The topological polar surface area (TPSA) is 20.3 Å². The summed E-state index contributed by atoms with van der Waals surface area (Å²) in [6.07, 6.45) is 0.978. The van der Waals surface area contributed by atoms with Gasteiger partial charge in [0.15, 0.2) is 0 Å². The Morgan fingerprint density at radius 2 is 2.21 bits per heavy atom. The average Bonchev–Trinajstić information content (AvgIpc) is 2.88. The van der Waals surface area contributed by atoms with Crippen LogP contribution in [0.3, 0.4) is 0 Å². The van der Waals surface area contributed by atoms with Gasteiger partial charge in [0.25, 0.3) is 5.91 Å². The lowest BCUT2D eigenvalue weighted by atomic mass is 10.0. The molecule has 3 rings (SSSR count). The molecular weight excluding hydrogens is 322 g/mol. The highest BCUT2D eigenvalue weighted by atomic mass is 79.9. The molecule has 1 aromatic heterocycles. The van der Waals surface area contributed by atoms with Crippen LogP contribution in [0.25, 0.3) is 0 Å². The van der Waals surface area contributed by atoms with E-state index in [2.05, 4.69) is 27.4 Å². The molecule has 0 saturated heterocycles. The molecule has 0 spiro atoms. The van der Waals surface area contributed by atoms with Crippen LogP contribution < -0.4 is 0 Å². The lowest BCUT2D eigenvalue weighted by Crippen LogP contribution is -2.35. The van der Waals surface area contributed by atoms with Gasteiger partial charge in [-0.2, -0.15) is 0 Å². The van der Waals surface area contributed by atoms with E-state index in [1.54, 1.807) is 11.3 Å². The van der Waals surface area contributed by atoms with Gasteiger partial charge in [0.1, 0.15) is 0 Å². The van der Waals surface area contributed by atoms with E-state index >= 15 is 0 Å². The Kier molecular flexibility index (Phi) is 3.46. The molecule has 98 valence electrons. The summed E-state index contributed by atoms with van der Waals surface area (Å²) < 4.78 is 0.992. The van der Waals surface area contributed by atoms with Gasteiger partial charge in [-0.25, -0.2) is 0 Å². The largest absolute Gasteiger partial charge is 0.334 e. The molecule has 1 amide bonds. The molecule has 0 bridgehead atoms. The molecule has 1 aromatic carbocycles. The van der Waals surface area contributed by atoms with Crippen molar-refractivity contribution in [1.82, 2.24) is 4.90 Å². The molecule has 0 atom stereocenters. The number of carbonyl (C=O) groups is 1. The van der Waals surface area contributed by atoms with Crippen LogP contribution in [0.15, 0.2) is 34.1 Å². The molecule has 2 aromatic rings. The van der Waals surface area contributed by atoms with E-state index in [1.807, 2.05) is 30.0 Å². The van der Waals surface area contributed by atoms with Gasteiger partial charge in [0.2, 0.25) is 0 Å². The first-order valence-electron chi connectivity index (χ1n) is 6.26. The summed E-state index contributed by atoms with van der Waals surface area (Å²) in [5, 5.41) is 2.11. The molecule has 0 saturated carbocycles. The van der Waals surface area contributed by atoms with E-state index in [0.29, 0.717) is 0 Å². The molecule has 2 heterocycles. The number of hydrogen-bond acceptors (Lipinski definition) is 2. The quantitative estimate of drug-likeness (QED) is 0.770. The van der Waals surface area contributed by atoms with Gasteiger partial charge in [-0.3, -0.25) is 4.79 Å². The standard InChI is InChI=1S/C15H14BrNOS/c1-10-12(3-2-4-13(10)16)15(18)17-7-5-14-11(9-17)6-8-19-14/h2-4,6,8H,5,7,9H2,1H3. The first-order valence-corrected chi connectivity index (χ1v) is 7.93. The molecule has 4 heteroatoms. The number of halogens is 1. The van der Waals surface area contributed by atoms with Crippen molar-refractivity contribution in [3.63, 3.8) is 0 Å². The highest BCUT2D eigenvalue weighted by Crippen LogP contribution is 2.26. The number of carbonyl (C=O) groups excluding carboxylic acids is 1. The minimum atomic E-state index is 0.135. The summed E-state index contributed by atoms with van der Waals surface area (Å²) in [6, 6.07) is 7.93. The van der Waals surface area contributed by atoms with Gasteiger partial charge in [-0.05, 0) is 48.1 Å². The average molecular weight is 336 g/mol. The molecule has 19 heavy (non-hydrogen) atoms. The Morgan fingerprint density at radius 1 is 1.37 bits per heavy atom.